The summed E-state index contributed by atoms with van der Waals surface area (Å²) in [6.45, 7) is 7.38. The molecule has 0 aliphatic carbocycles. The Balaban J connectivity index is 0.000000968. The van der Waals surface area contributed by atoms with Crippen molar-refractivity contribution in [3.05, 3.63) is 83.9 Å². The summed E-state index contributed by atoms with van der Waals surface area (Å²) in [5, 5.41) is 0. The van der Waals surface area contributed by atoms with Gasteiger partial charge < -0.3 is 19.1 Å². The van der Waals surface area contributed by atoms with Crippen LogP contribution >= 0.6 is 11.9 Å². The van der Waals surface area contributed by atoms with Gasteiger partial charge in [0.2, 0.25) is 0 Å². The maximum absolute atomic E-state index is 5.25. The summed E-state index contributed by atoms with van der Waals surface area (Å²) < 4.78 is 12.9. The number of methoxy groups -OCH3 is 2. The Bertz CT molecular complexity index is 939. The van der Waals surface area contributed by atoms with Crippen LogP contribution in [0, 0.1) is 6.92 Å². The summed E-state index contributed by atoms with van der Waals surface area (Å²) in [7, 11) is 4.96. The highest BCUT2D eigenvalue weighted by atomic mass is 32.2. The van der Waals surface area contributed by atoms with E-state index in [1.807, 2.05) is 12.1 Å². The minimum atomic E-state index is 0.916. The lowest BCUT2D eigenvalue weighted by atomic mass is 10.2. The number of anilines is 2. The van der Waals surface area contributed by atoms with E-state index in [1.54, 1.807) is 33.3 Å². The SMILES string of the molecule is COC.COc1ccc(CN2CCN(c3ccc(NSc4ccc(C)cc4)cc3)CC2)cc1. The fraction of sp³-hybridized carbons (Fsp3) is 0.333. The van der Waals surface area contributed by atoms with E-state index in [1.165, 1.54) is 21.7 Å². The molecule has 1 N–H and O–H groups in total. The van der Waals surface area contributed by atoms with Crippen LogP contribution in [0.25, 0.3) is 0 Å². The quantitative estimate of drug-likeness (QED) is 0.451. The standard InChI is InChI=1S/C25H29N3OS.C2H6O/c1-20-3-13-25(14-4-20)30-26-22-7-9-23(10-8-22)28-17-15-27(16-18-28)19-21-5-11-24(29-2)12-6-21;1-3-2/h3-14,26H,15-19H2,1-2H3;1-2H3. The van der Waals surface area contributed by atoms with Crippen LogP contribution in [0.15, 0.2) is 77.7 Å². The number of nitrogens with zero attached hydrogens (tertiary/aromatic N) is 2. The normalized spacial score (nSPS) is 13.8. The van der Waals surface area contributed by atoms with E-state index in [2.05, 4.69) is 86.8 Å². The molecule has 0 unspecified atom stereocenters. The summed E-state index contributed by atoms with van der Waals surface area (Å²) in [6.07, 6.45) is 0. The fourth-order valence-corrected chi connectivity index (χ4v) is 4.26. The van der Waals surface area contributed by atoms with E-state index in [0.717, 1.165) is 44.2 Å². The van der Waals surface area contributed by atoms with E-state index in [4.69, 9.17) is 4.74 Å². The van der Waals surface area contributed by atoms with Crippen LogP contribution in [0.2, 0.25) is 0 Å². The van der Waals surface area contributed by atoms with Crippen molar-refractivity contribution in [2.24, 2.45) is 0 Å². The maximum Gasteiger partial charge on any atom is 0.118 e. The first-order chi connectivity index (χ1) is 16.1. The maximum atomic E-state index is 5.25. The topological polar surface area (TPSA) is 37.0 Å². The zero-order chi connectivity index (χ0) is 23.5. The van der Waals surface area contributed by atoms with E-state index in [9.17, 15) is 0 Å². The second-order valence-corrected chi connectivity index (χ2v) is 8.96. The van der Waals surface area contributed by atoms with Crippen LogP contribution in [-0.2, 0) is 11.3 Å². The highest BCUT2D eigenvalue weighted by Crippen LogP contribution is 2.25. The van der Waals surface area contributed by atoms with Gasteiger partial charge in [-0.3, -0.25) is 4.90 Å². The van der Waals surface area contributed by atoms with Gasteiger partial charge in [0.05, 0.1) is 7.11 Å². The Morgan fingerprint density at radius 3 is 1.97 bits per heavy atom. The van der Waals surface area contributed by atoms with Crippen molar-refractivity contribution in [2.75, 3.05) is 57.1 Å². The van der Waals surface area contributed by atoms with E-state index in [0.29, 0.717) is 0 Å². The molecule has 4 rings (SSSR count). The summed E-state index contributed by atoms with van der Waals surface area (Å²) in [5.41, 5.74) is 5.05. The summed E-state index contributed by atoms with van der Waals surface area (Å²) in [5.74, 6) is 0.916. The zero-order valence-corrected chi connectivity index (χ0v) is 20.9. The molecular weight excluding hydrogens is 430 g/mol. The van der Waals surface area contributed by atoms with Crippen LogP contribution in [0.3, 0.4) is 0 Å². The fourth-order valence-electron chi connectivity index (χ4n) is 3.62. The molecule has 0 atom stereocenters. The third-order valence-electron chi connectivity index (χ3n) is 5.48. The van der Waals surface area contributed by atoms with Crippen molar-refractivity contribution in [2.45, 2.75) is 18.4 Å². The number of benzene rings is 3. The molecule has 5 nitrogen and oxygen atoms in total. The van der Waals surface area contributed by atoms with Gasteiger partial charge in [-0.25, -0.2) is 0 Å². The number of piperazine rings is 1. The van der Waals surface area contributed by atoms with Crippen LogP contribution < -0.4 is 14.4 Å². The Morgan fingerprint density at radius 2 is 1.39 bits per heavy atom. The van der Waals surface area contributed by atoms with E-state index < -0.39 is 0 Å². The molecule has 0 amide bonds. The van der Waals surface area contributed by atoms with Crippen molar-refractivity contribution < 1.29 is 9.47 Å². The molecule has 3 aromatic carbocycles. The second-order valence-electron chi connectivity index (χ2n) is 8.08. The molecule has 0 aromatic heterocycles. The average Bonchev–Trinajstić information content (AvgIpc) is 2.86. The van der Waals surface area contributed by atoms with E-state index >= 15 is 0 Å². The Morgan fingerprint density at radius 1 is 0.788 bits per heavy atom. The Hall–Kier alpha value is -2.67. The molecule has 176 valence electrons. The Kier molecular flexibility index (Phi) is 9.94. The molecule has 0 bridgehead atoms. The third kappa shape index (κ3) is 8.00. The highest BCUT2D eigenvalue weighted by molar-refractivity contribution is 8.00. The third-order valence-corrected chi connectivity index (χ3v) is 6.32. The molecule has 0 radical (unpaired) electrons. The predicted molar refractivity (Wildman–Crippen MR) is 141 cm³/mol. The second kappa shape index (κ2) is 13.1. The molecule has 1 aliphatic heterocycles. The number of rotatable bonds is 7. The van der Waals surface area contributed by atoms with Crippen molar-refractivity contribution >= 4 is 23.3 Å². The lowest BCUT2D eigenvalue weighted by molar-refractivity contribution is 0.250. The number of ether oxygens (including phenoxy) is 2. The average molecular weight is 466 g/mol. The van der Waals surface area contributed by atoms with Crippen molar-refractivity contribution in [1.82, 2.24) is 4.90 Å². The first-order valence-electron chi connectivity index (χ1n) is 11.2. The molecule has 33 heavy (non-hydrogen) atoms. The lowest BCUT2D eigenvalue weighted by Crippen LogP contribution is -2.45. The van der Waals surface area contributed by atoms with Crippen LogP contribution in [-0.4, -0.2) is 52.4 Å². The highest BCUT2D eigenvalue weighted by Gasteiger charge is 2.17. The zero-order valence-electron chi connectivity index (χ0n) is 20.1. The predicted octanol–water partition coefficient (Wildman–Crippen LogP) is 5.71. The number of hydrogen-bond donors (Lipinski definition) is 1. The molecule has 1 heterocycles. The largest absolute Gasteiger partial charge is 0.497 e. The van der Waals surface area contributed by atoms with Crippen molar-refractivity contribution in [3.8, 4) is 5.75 Å². The van der Waals surface area contributed by atoms with Gasteiger partial charge >= 0.3 is 0 Å². The lowest BCUT2D eigenvalue weighted by Gasteiger charge is -2.36. The minimum absolute atomic E-state index is 0.916. The van der Waals surface area contributed by atoms with Crippen molar-refractivity contribution in [1.29, 1.82) is 0 Å². The van der Waals surface area contributed by atoms with Gasteiger partial charge in [-0.2, -0.15) is 0 Å². The number of hydrogen-bond acceptors (Lipinski definition) is 6. The van der Waals surface area contributed by atoms with Crippen LogP contribution in [0.4, 0.5) is 11.4 Å². The van der Waals surface area contributed by atoms with Gasteiger partial charge in [0.1, 0.15) is 5.75 Å². The van der Waals surface area contributed by atoms with Gasteiger partial charge in [-0.05, 0) is 73.0 Å². The number of nitrogens with one attached hydrogen (secondary N) is 1. The molecule has 0 saturated carbocycles. The first kappa shape index (κ1) is 25.0. The van der Waals surface area contributed by atoms with Gasteiger partial charge in [-0.1, -0.05) is 29.8 Å². The number of aryl methyl sites for hydroxylation is 1. The van der Waals surface area contributed by atoms with E-state index in [-0.39, 0.29) is 0 Å². The molecule has 1 aliphatic rings. The van der Waals surface area contributed by atoms with Gasteiger partial charge in [0, 0.05) is 63.2 Å². The smallest absolute Gasteiger partial charge is 0.118 e. The minimum Gasteiger partial charge on any atom is -0.497 e. The molecular formula is C27H35N3O2S. The monoisotopic (exact) mass is 465 g/mol. The summed E-state index contributed by atoms with van der Waals surface area (Å²) >= 11 is 1.65. The van der Waals surface area contributed by atoms with Gasteiger partial charge in [0.25, 0.3) is 0 Å². The van der Waals surface area contributed by atoms with Crippen LogP contribution in [0.1, 0.15) is 11.1 Å². The first-order valence-corrected chi connectivity index (χ1v) is 12.0. The molecule has 1 saturated heterocycles. The molecule has 3 aromatic rings. The van der Waals surface area contributed by atoms with Crippen molar-refractivity contribution in [3.63, 3.8) is 0 Å². The summed E-state index contributed by atoms with van der Waals surface area (Å²) in [4.78, 5) is 6.21. The molecule has 1 fully saturated rings. The Labute approximate surface area is 202 Å². The van der Waals surface area contributed by atoms with Gasteiger partial charge in [0.15, 0.2) is 0 Å². The molecule has 0 spiro atoms. The van der Waals surface area contributed by atoms with Crippen LogP contribution in [0.5, 0.6) is 5.75 Å². The summed E-state index contributed by atoms with van der Waals surface area (Å²) in [6, 6.07) is 25.7. The van der Waals surface area contributed by atoms with Gasteiger partial charge in [-0.15, -0.1) is 0 Å². The molecule has 6 heteroatoms.